The Labute approximate surface area is 119 Å². The number of ether oxygens (including phenoxy) is 1. The number of nitrogens with one attached hydrogen (secondary N) is 1. The van der Waals surface area contributed by atoms with Gasteiger partial charge in [0, 0.05) is 44.0 Å². The van der Waals surface area contributed by atoms with Gasteiger partial charge >= 0.3 is 0 Å². The summed E-state index contributed by atoms with van der Waals surface area (Å²) in [5.74, 6) is 0. The molecule has 1 aromatic carbocycles. The number of nitrogens with zero attached hydrogens (tertiary/aromatic N) is 2. The van der Waals surface area contributed by atoms with Crippen molar-refractivity contribution in [2.24, 2.45) is 0 Å². The average molecular weight is 271 g/mol. The maximum Gasteiger partial charge on any atom is 0.0826 e. The molecule has 0 amide bonds. The first-order valence-electron chi connectivity index (χ1n) is 7.15. The predicted octanol–water partition coefficient (Wildman–Crippen LogP) is 1.65. The lowest BCUT2D eigenvalue weighted by molar-refractivity contribution is -0.0182. The molecule has 1 unspecified atom stereocenters. The van der Waals surface area contributed by atoms with Crippen molar-refractivity contribution in [3.63, 3.8) is 0 Å². The molecule has 2 aromatic rings. The van der Waals surface area contributed by atoms with Crippen LogP contribution in [0.1, 0.15) is 5.56 Å². The summed E-state index contributed by atoms with van der Waals surface area (Å²) in [5.41, 5.74) is 1.24. The molecule has 0 radical (unpaired) electrons. The Morgan fingerprint density at radius 3 is 3.15 bits per heavy atom. The molecule has 4 nitrogen and oxygen atoms in total. The minimum Gasteiger partial charge on any atom is -0.374 e. The summed E-state index contributed by atoms with van der Waals surface area (Å²) in [6, 6.07) is 8.38. The summed E-state index contributed by atoms with van der Waals surface area (Å²) >= 11 is 0. The van der Waals surface area contributed by atoms with E-state index in [1.165, 1.54) is 16.3 Å². The molecular weight excluding hydrogens is 250 g/mol. The van der Waals surface area contributed by atoms with E-state index < -0.39 is 0 Å². The lowest BCUT2D eigenvalue weighted by Gasteiger charge is -2.30. The van der Waals surface area contributed by atoms with Gasteiger partial charge in [-0.15, -0.1) is 0 Å². The Balaban J connectivity index is 1.60. The van der Waals surface area contributed by atoms with Crippen LogP contribution in [0.5, 0.6) is 0 Å². The van der Waals surface area contributed by atoms with Crippen LogP contribution in [0.25, 0.3) is 10.8 Å². The number of likely N-dealkylation sites (N-methyl/N-ethyl adjacent to an activating group) is 1. The van der Waals surface area contributed by atoms with Crippen molar-refractivity contribution in [3.8, 4) is 0 Å². The van der Waals surface area contributed by atoms with E-state index in [0.29, 0.717) is 0 Å². The van der Waals surface area contributed by atoms with Crippen LogP contribution in [0, 0.1) is 0 Å². The van der Waals surface area contributed by atoms with Gasteiger partial charge in [-0.3, -0.25) is 4.98 Å². The zero-order valence-electron chi connectivity index (χ0n) is 11.9. The molecule has 0 aliphatic carbocycles. The molecule has 106 valence electrons. The zero-order chi connectivity index (χ0) is 13.8. The Morgan fingerprint density at radius 1 is 1.35 bits per heavy atom. The van der Waals surface area contributed by atoms with E-state index >= 15 is 0 Å². The molecule has 1 aliphatic heterocycles. The molecule has 1 fully saturated rings. The van der Waals surface area contributed by atoms with Crippen molar-refractivity contribution >= 4 is 10.8 Å². The second-order valence-electron chi connectivity index (χ2n) is 5.41. The van der Waals surface area contributed by atoms with Crippen molar-refractivity contribution in [2.45, 2.75) is 12.6 Å². The molecule has 1 aliphatic rings. The number of fused-ring (bicyclic) bond motifs is 1. The third-order valence-corrected chi connectivity index (χ3v) is 3.78. The Bertz CT molecular complexity index is 567. The van der Waals surface area contributed by atoms with Gasteiger partial charge in [0.2, 0.25) is 0 Å². The SMILES string of the molecule is CN1CCOC(CNCc2cncc3ccccc23)C1. The smallest absolute Gasteiger partial charge is 0.0826 e. The van der Waals surface area contributed by atoms with E-state index in [1.807, 2.05) is 18.5 Å². The molecule has 1 aromatic heterocycles. The van der Waals surface area contributed by atoms with Gasteiger partial charge in [0.15, 0.2) is 0 Å². The fourth-order valence-corrected chi connectivity index (χ4v) is 2.68. The standard InChI is InChI=1S/C16H21N3O/c1-19-6-7-20-15(12-19)11-18-10-14-9-17-8-13-4-2-3-5-16(13)14/h2-5,8-9,15,18H,6-7,10-12H2,1H3. The van der Waals surface area contributed by atoms with Gasteiger partial charge in [0.05, 0.1) is 12.7 Å². The highest BCUT2D eigenvalue weighted by Crippen LogP contribution is 2.16. The highest BCUT2D eigenvalue weighted by Gasteiger charge is 2.16. The normalized spacial score (nSPS) is 20.4. The van der Waals surface area contributed by atoms with Crippen LogP contribution in [-0.2, 0) is 11.3 Å². The van der Waals surface area contributed by atoms with Crippen LogP contribution in [-0.4, -0.2) is 49.3 Å². The topological polar surface area (TPSA) is 37.4 Å². The highest BCUT2D eigenvalue weighted by atomic mass is 16.5. The fraction of sp³-hybridized carbons (Fsp3) is 0.438. The van der Waals surface area contributed by atoms with E-state index in [2.05, 4.69) is 40.4 Å². The molecule has 2 heterocycles. The second kappa shape index (κ2) is 6.31. The van der Waals surface area contributed by atoms with Gasteiger partial charge < -0.3 is 15.0 Å². The number of hydrogen-bond acceptors (Lipinski definition) is 4. The van der Waals surface area contributed by atoms with Gasteiger partial charge in [0.25, 0.3) is 0 Å². The summed E-state index contributed by atoms with van der Waals surface area (Å²) in [6.07, 6.45) is 4.15. The van der Waals surface area contributed by atoms with E-state index in [0.717, 1.165) is 32.8 Å². The molecule has 3 rings (SSSR count). The van der Waals surface area contributed by atoms with Crippen LogP contribution in [0.15, 0.2) is 36.7 Å². The Morgan fingerprint density at radius 2 is 2.25 bits per heavy atom. The predicted molar refractivity (Wildman–Crippen MR) is 80.7 cm³/mol. The van der Waals surface area contributed by atoms with Crippen molar-refractivity contribution in [2.75, 3.05) is 33.3 Å². The minimum absolute atomic E-state index is 0.289. The summed E-state index contributed by atoms with van der Waals surface area (Å²) in [7, 11) is 2.14. The molecule has 0 saturated carbocycles. The fourth-order valence-electron chi connectivity index (χ4n) is 2.68. The van der Waals surface area contributed by atoms with Crippen LogP contribution >= 0.6 is 0 Å². The lowest BCUT2D eigenvalue weighted by Crippen LogP contribution is -2.44. The Hall–Kier alpha value is -1.49. The maximum absolute atomic E-state index is 5.75. The highest BCUT2D eigenvalue weighted by molar-refractivity contribution is 5.84. The van der Waals surface area contributed by atoms with Gasteiger partial charge in [-0.05, 0) is 18.0 Å². The third-order valence-electron chi connectivity index (χ3n) is 3.78. The number of aromatic nitrogens is 1. The summed E-state index contributed by atoms with van der Waals surface area (Å²) in [6.45, 7) is 4.58. The largest absolute Gasteiger partial charge is 0.374 e. The number of hydrogen-bond donors (Lipinski definition) is 1. The monoisotopic (exact) mass is 271 g/mol. The third kappa shape index (κ3) is 3.15. The van der Waals surface area contributed by atoms with E-state index in [4.69, 9.17) is 4.74 Å². The van der Waals surface area contributed by atoms with E-state index in [-0.39, 0.29) is 6.10 Å². The maximum atomic E-state index is 5.75. The molecule has 4 heteroatoms. The first-order chi connectivity index (χ1) is 9.83. The molecule has 20 heavy (non-hydrogen) atoms. The molecular formula is C16H21N3O. The van der Waals surface area contributed by atoms with Crippen molar-refractivity contribution < 1.29 is 4.74 Å². The number of pyridine rings is 1. The number of benzene rings is 1. The van der Waals surface area contributed by atoms with Crippen molar-refractivity contribution in [1.29, 1.82) is 0 Å². The molecule has 0 spiro atoms. The minimum atomic E-state index is 0.289. The molecule has 1 N–H and O–H groups in total. The lowest BCUT2D eigenvalue weighted by atomic mass is 10.1. The molecule has 1 saturated heterocycles. The van der Waals surface area contributed by atoms with Crippen LogP contribution in [0.4, 0.5) is 0 Å². The summed E-state index contributed by atoms with van der Waals surface area (Å²) in [5, 5.41) is 5.96. The second-order valence-corrected chi connectivity index (χ2v) is 5.41. The summed E-state index contributed by atoms with van der Waals surface area (Å²) < 4.78 is 5.75. The van der Waals surface area contributed by atoms with Crippen LogP contribution < -0.4 is 5.32 Å². The quantitative estimate of drug-likeness (QED) is 0.917. The van der Waals surface area contributed by atoms with Gasteiger partial charge in [-0.25, -0.2) is 0 Å². The first kappa shape index (κ1) is 13.5. The van der Waals surface area contributed by atoms with Crippen molar-refractivity contribution in [3.05, 3.63) is 42.2 Å². The number of rotatable bonds is 4. The van der Waals surface area contributed by atoms with E-state index in [9.17, 15) is 0 Å². The zero-order valence-corrected chi connectivity index (χ0v) is 11.9. The first-order valence-corrected chi connectivity index (χ1v) is 7.15. The van der Waals surface area contributed by atoms with Gasteiger partial charge in [-0.1, -0.05) is 24.3 Å². The van der Waals surface area contributed by atoms with E-state index in [1.54, 1.807) is 0 Å². The van der Waals surface area contributed by atoms with Crippen LogP contribution in [0.3, 0.4) is 0 Å². The summed E-state index contributed by atoms with van der Waals surface area (Å²) in [4.78, 5) is 6.63. The van der Waals surface area contributed by atoms with Gasteiger partial charge in [0.1, 0.15) is 0 Å². The average Bonchev–Trinajstić information content (AvgIpc) is 2.48. The molecule has 1 atom stereocenters. The van der Waals surface area contributed by atoms with Crippen LogP contribution in [0.2, 0.25) is 0 Å². The number of morpholine rings is 1. The van der Waals surface area contributed by atoms with Gasteiger partial charge in [-0.2, -0.15) is 0 Å². The van der Waals surface area contributed by atoms with Crippen molar-refractivity contribution in [1.82, 2.24) is 15.2 Å². The molecule has 0 bridgehead atoms. The Kier molecular flexibility index (Phi) is 4.25.